The van der Waals surface area contributed by atoms with Crippen molar-refractivity contribution in [2.75, 3.05) is 5.73 Å². The summed E-state index contributed by atoms with van der Waals surface area (Å²) in [5.74, 6) is -2.64. The number of hydrogen-bond acceptors (Lipinski definition) is 5. The second-order valence-electron chi connectivity index (χ2n) is 7.72. The molecule has 0 saturated heterocycles. The maximum atomic E-state index is 13.7. The molecule has 1 aromatic heterocycles. The second-order valence-corrected chi connectivity index (χ2v) is 7.72. The standard InChI is InChI=1S/C21H24F3N3O3/c1-20(18(28)29,14-10-6-3-7-11-14)15-12-16(27-19(25)26-15)30-17(21(22,23)24)13-8-4-2-5-9-13/h3,6-7,10-13,17H,2,4-5,8-9H2,1H3,(H,28,29)(H2,25,26,27). The van der Waals surface area contributed by atoms with Crippen LogP contribution in [0, 0.1) is 5.92 Å². The topological polar surface area (TPSA) is 98.3 Å². The second kappa shape index (κ2) is 8.49. The Morgan fingerprint density at radius 2 is 1.80 bits per heavy atom. The van der Waals surface area contributed by atoms with Crippen molar-refractivity contribution in [3.63, 3.8) is 0 Å². The predicted molar refractivity (Wildman–Crippen MR) is 104 cm³/mol. The molecule has 1 saturated carbocycles. The van der Waals surface area contributed by atoms with Gasteiger partial charge < -0.3 is 15.6 Å². The lowest BCUT2D eigenvalue weighted by atomic mass is 9.79. The van der Waals surface area contributed by atoms with Crippen LogP contribution < -0.4 is 10.5 Å². The zero-order valence-corrected chi connectivity index (χ0v) is 16.5. The highest BCUT2D eigenvalue weighted by Gasteiger charge is 2.47. The summed E-state index contributed by atoms with van der Waals surface area (Å²) in [5.41, 5.74) is 4.43. The summed E-state index contributed by atoms with van der Waals surface area (Å²) in [6.45, 7) is 1.42. The van der Waals surface area contributed by atoms with Crippen LogP contribution >= 0.6 is 0 Å². The minimum atomic E-state index is -4.59. The van der Waals surface area contributed by atoms with Crippen LogP contribution in [-0.4, -0.2) is 33.3 Å². The number of hydrogen-bond donors (Lipinski definition) is 2. The number of benzene rings is 1. The molecule has 2 unspecified atom stereocenters. The Labute approximate surface area is 172 Å². The first-order chi connectivity index (χ1) is 14.1. The number of rotatable bonds is 6. The molecule has 1 aliphatic rings. The van der Waals surface area contributed by atoms with Crippen molar-refractivity contribution >= 4 is 11.9 Å². The van der Waals surface area contributed by atoms with Crippen LogP contribution in [0.4, 0.5) is 19.1 Å². The fourth-order valence-corrected chi connectivity index (χ4v) is 3.91. The third-order valence-corrected chi connectivity index (χ3v) is 5.66. The quantitative estimate of drug-likeness (QED) is 0.717. The normalized spacial score (nSPS) is 18.4. The first-order valence-corrected chi connectivity index (χ1v) is 9.79. The van der Waals surface area contributed by atoms with Gasteiger partial charge in [0.1, 0.15) is 5.41 Å². The molecule has 3 rings (SSSR count). The van der Waals surface area contributed by atoms with Gasteiger partial charge in [0, 0.05) is 12.0 Å². The average molecular weight is 423 g/mol. The third kappa shape index (κ3) is 4.49. The largest absolute Gasteiger partial charge is 0.480 e. The molecule has 0 spiro atoms. The van der Waals surface area contributed by atoms with E-state index in [4.69, 9.17) is 10.5 Å². The van der Waals surface area contributed by atoms with E-state index in [0.29, 0.717) is 31.2 Å². The minimum absolute atomic E-state index is 0.0479. The first-order valence-electron chi connectivity index (χ1n) is 9.79. The van der Waals surface area contributed by atoms with Crippen molar-refractivity contribution in [1.29, 1.82) is 0 Å². The molecule has 1 aliphatic carbocycles. The number of nitrogens with two attached hydrogens (primary N) is 1. The van der Waals surface area contributed by atoms with Crippen molar-refractivity contribution < 1.29 is 27.8 Å². The minimum Gasteiger partial charge on any atom is -0.480 e. The summed E-state index contributed by atoms with van der Waals surface area (Å²) in [4.78, 5) is 20.0. The molecule has 0 bridgehead atoms. The van der Waals surface area contributed by atoms with Crippen LogP contribution in [0.1, 0.15) is 50.3 Å². The Hall–Kier alpha value is -2.84. The van der Waals surface area contributed by atoms with Crippen LogP contribution in [0.2, 0.25) is 0 Å². The Bertz CT molecular complexity index is 886. The van der Waals surface area contributed by atoms with E-state index < -0.39 is 29.6 Å². The maximum Gasteiger partial charge on any atom is 0.425 e. The lowest BCUT2D eigenvalue weighted by molar-refractivity contribution is -0.213. The van der Waals surface area contributed by atoms with Crippen LogP contribution in [0.5, 0.6) is 5.88 Å². The number of carboxylic acid groups (broad SMARTS) is 1. The Morgan fingerprint density at radius 3 is 2.37 bits per heavy atom. The Kier molecular flexibility index (Phi) is 6.19. The monoisotopic (exact) mass is 423 g/mol. The number of carbonyl (C=O) groups is 1. The van der Waals surface area contributed by atoms with Gasteiger partial charge in [0.15, 0.2) is 6.10 Å². The Balaban J connectivity index is 2.00. The van der Waals surface area contributed by atoms with Gasteiger partial charge in [-0.3, -0.25) is 4.79 Å². The molecule has 30 heavy (non-hydrogen) atoms. The molecule has 6 nitrogen and oxygen atoms in total. The number of aromatic nitrogens is 2. The number of aliphatic carboxylic acids is 1. The van der Waals surface area contributed by atoms with Crippen molar-refractivity contribution in [2.45, 2.75) is 56.7 Å². The van der Waals surface area contributed by atoms with Crippen molar-refractivity contribution in [3.05, 3.63) is 47.7 Å². The summed E-state index contributed by atoms with van der Waals surface area (Å²) in [7, 11) is 0. The highest BCUT2D eigenvalue weighted by molar-refractivity contribution is 5.85. The summed E-state index contributed by atoms with van der Waals surface area (Å²) in [6.07, 6.45) is -3.47. The predicted octanol–water partition coefficient (Wildman–Crippen LogP) is 4.34. The number of anilines is 1. The van der Waals surface area contributed by atoms with Gasteiger partial charge in [0.2, 0.25) is 11.8 Å². The van der Waals surface area contributed by atoms with E-state index in [1.807, 2.05) is 0 Å². The van der Waals surface area contributed by atoms with Crippen LogP contribution in [-0.2, 0) is 10.2 Å². The molecule has 2 aromatic rings. The van der Waals surface area contributed by atoms with Gasteiger partial charge >= 0.3 is 12.1 Å². The number of nitrogen functional groups attached to an aromatic ring is 1. The summed E-state index contributed by atoms with van der Waals surface area (Å²) >= 11 is 0. The van der Waals surface area contributed by atoms with E-state index in [2.05, 4.69) is 9.97 Å². The van der Waals surface area contributed by atoms with Crippen LogP contribution in [0.25, 0.3) is 0 Å². The fourth-order valence-electron chi connectivity index (χ4n) is 3.91. The number of ether oxygens (including phenoxy) is 1. The van der Waals surface area contributed by atoms with E-state index in [0.717, 1.165) is 12.5 Å². The smallest absolute Gasteiger partial charge is 0.425 e. The molecule has 0 radical (unpaired) electrons. The van der Waals surface area contributed by atoms with Gasteiger partial charge in [0.25, 0.3) is 0 Å². The third-order valence-electron chi connectivity index (χ3n) is 5.66. The van der Waals surface area contributed by atoms with Gasteiger partial charge in [-0.15, -0.1) is 0 Å². The van der Waals surface area contributed by atoms with Gasteiger partial charge in [0.05, 0.1) is 5.69 Å². The number of carboxylic acids is 1. The van der Waals surface area contributed by atoms with Crippen molar-refractivity contribution in [2.24, 2.45) is 5.92 Å². The molecule has 0 aliphatic heterocycles. The summed E-state index contributed by atoms with van der Waals surface area (Å²) in [6, 6.07) is 9.41. The zero-order valence-electron chi connectivity index (χ0n) is 16.5. The Morgan fingerprint density at radius 1 is 1.17 bits per heavy atom. The summed E-state index contributed by atoms with van der Waals surface area (Å²) in [5, 5.41) is 9.91. The lowest BCUT2D eigenvalue weighted by Gasteiger charge is -2.32. The fraction of sp³-hybridized carbons (Fsp3) is 0.476. The van der Waals surface area contributed by atoms with Gasteiger partial charge in [-0.05, 0) is 25.3 Å². The molecule has 1 heterocycles. The zero-order chi connectivity index (χ0) is 21.9. The van der Waals surface area contributed by atoms with E-state index in [1.54, 1.807) is 30.3 Å². The molecule has 2 atom stereocenters. The van der Waals surface area contributed by atoms with Crippen LogP contribution in [0.15, 0.2) is 36.4 Å². The molecular formula is C21H24F3N3O3. The number of alkyl halides is 3. The van der Waals surface area contributed by atoms with E-state index in [1.165, 1.54) is 6.92 Å². The van der Waals surface area contributed by atoms with E-state index >= 15 is 0 Å². The maximum absolute atomic E-state index is 13.7. The number of halogens is 3. The summed E-state index contributed by atoms with van der Waals surface area (Å²) < 4.78 is 46.5. The van der Waals surface area contributed by atoms with Gasteiger partial charge in [-0.25, -0.2) is 4.98 Å². The molecule has 0 amide bonds. The molecular weight excluding hydrogens is 399 g/mol. The van der Waals surface area contributed by atoms with E-state index in [-0.39, 0.29) is 17.5 Å². The molecule has 3 N–H and O–H groups in total. The van der Waals surface area contributed by atoms with Gasteiger partial charge in [-0.2, -0.15) is 18.2 Å². The lowest BCUT2D eigenvalue weighted by Crippen LogP contribution is -2.42. The highest BCUT2D eigenvalue weighted by Crippen LogP contribution is 2.38. The van der Waals surface area contributed by atoms with Crippen molar-refractivity contribution in [3.8, 4) is 5.88 Å². The van der Waals surface area contributed by atoms with Gasteiger partial charge in [-0.1, -0.05) is 49.6 Å². The van der Waals surface area contributed by atoms with E-state index in [9.17, 15) is 23.1 Å². The van der Waals surface area contributed by atoms with Crippen LogP contribution in [0.3, 0.4) is 0 Å². The SMILES string of the molecule is CC(C(=O)O)(c1ccccc1)c1cc(OC(C2CCCCC2)C(F)(F)F)nc(N)n1. The molecule has 1 fully saturated rings. The molecule has 1 aromatic carbocycles. The molecule has 162 valence electrons. The molecule has 9 heteroatoms. The first kappa shape index (κ1) is 21.9. The highest BCUT2D eigenvalue weighted by atomic mass is 19.4. The number of nitrogens with zero attached hydrogens (tertiary/aromatic N) is 2. The average Bonchev–Trinajstić information content (AvgIpc) is 2.71. The van der Waals surface area contributed by atoms with Crippen molar-refractivity contribution in [1.82, 2.24) is 9.97 Å².